The van der Waals surface area contributed by atoms with Crippen LogP contribution in [0.15, 0.2) is 42.7 Å². The van der Waals surface area contributed by atoms with Gasteiger partial charge in [0, 0.05) is 24.5 Å². The molecule has 110 valence electrons. The molecular weight excluding hydrogens is 266 g/mol. The normalized spacial score (nSPS) is 11.9. The highest BCUT2D eigenvalue weighted by molar-refractivity contribution is 5.46. The Bertz CT molecular complexity index is 628. The number of nitro benzene ring substituents is 1. The molecule has 1 heterocycles. The van der Waals surface area contributed by atoms with E-state index in [-0.39, 0.29) is 16.7 Å². The minimum atomic E-state index is -0.360. The maximum absolute atomic E-state index is 10.9. The van der Waals surface area contributed by atoms with Crippen molar-refractivity contribution in [2.45, 2.75) is 32.7 Å². The van der Waals surface area contributed by atoms with Gasteiger partial charge in [0.05, 0.1) is 16.7 Å². The Labute approximate surface area is 124 Å². The first-order chi connectivity index (χ1) is 10.1. The highest BCUT2D eigenvalue weighted by Gasteiger charge is 2.14. The van der Waals surface area contributed by atoms with Crippen LogP contribution in [0.4, 0.5) is 11.4 Å². The number of pyridine rings is 1. The van der Waals surface area contributed by atoms with Gasteiger partial charge in [-0.25, -0.2) is 0 Å². The maximum atomic E-state index is 10.9. The predicted octanol–water partition coefficient (Wildman–Crippen LogP) is 4.25. The Morgan fingerprint density at radius 2 is 2.14 bits per heavy atom. The van der Waals surface area contributed by atoms with Crippen molar-refractivity contribution in [2.24, 2.45) is 0 Å². The summed E-state index contributed by atoms with van der Waals surface area (Å²) in [6.07, 6.45) is 5.45. The first kappa shape index (κ1) is 15.0. The second-order valence-electron chi connectivity index (χ2n) is 5.09. The van der Waals surface area contributed by atoms with E-state index < -0.39 is 0 Å². The third kappa shape index (κ3) is 4.02. The number of anilines is 1. The van der Waals surface area contributed by atoms with Crippen LogP contribution in [0.1, 0.15) is 36.9 Å². The molecule has 0 radical (unpaired) electrons. The number of hydrogen-bond donors (Lipinski definition) is 1. The topological polar surface area (TPSA) is 68.1 Å². The molecule has 0 aliphatic rings. The highest BCUT2D eigenvalue weighted by Crippen LogP contribution is 2.26. The van der Waals surface area contributed by atoms with Crippen molar-refractivity contribution < 1.29 is 4.92 Å². The van der Waals surface area contributed by atoms with Gasteiger partial charge in [0.2, 0.25) is 0 Å². The van der Waals surface area contributed by atoms with Crippen molar-refractivity contribution in [2.75, 3.05) is 5.32 Å². The summed E-state index contributed by atoms with van der Waals surface area (Å²) >= 11 is 0. The summed E-state index contributed by atoms with van der Waals surface area (Å²) in [6, 6.07) is 8.86. The fourth-order valence-electron chi connectivity index (χ4n) is 2.30. The van der Waals surface area contributed by atoms with Gasteiger partial charge < -0.3 is 5.32 Å². The van der Waals surface area contributed by atoms with Crippen molar-refractivity contribution in [1.29, 1.82) is 0 Å². The van der Waals surface area contributed by atoms with Gasteiger partial charge >= 0.3 is 0 Å². The number of aromatic nitrogens is 1. The smallest absolute Gasteiger partial charge is 0.269 e. The number of aryl methyl sites for hydroxylation is 1. The van der Waals surface area contributed by atoms with Crippen LogP contribution in [-0.2, 0) is 0 Å². The number of rotatable bonds is 6. The predicted molar refractivity (Wildman–Crippen MR) is 83.3 cm³/mol. The summed E-state index contributed by atoms with van der Waals surface area (Å²) in [5.41, 5.74) is 3.06. The van der Waals surface area contributed by atoms with E-state index in [0.717, 1.165) is 29.7 Å². The molecule has 0 bridgehead atoms. The summed E-state index contributed by atoms with van der Waals surface area (Å²) in [5.74, 6) is 0. The first-order valence-corrected chi connectivity index (χ1v) is 7.02. The molecule has 0 spiro atoms. The summed E-state index contributed by atoms with van der Waals surface area (Å²) in [7, 11) is 0. The molecule has 0 amide bonds. The third-order valence-corrected chi connectivity index (χ3v) is 3.28. The van der Waals surface area contributed by atoms with Crippen molar-refractivity contribution in [3.8, 4) is 0 Å². The van der Waals surface area contributed by atoms with Gasteiger partial charge in [-0.2, -0.15) is 0 Å². The van der Waals surface area contributed by atoms with Crippen LogP contribution < -0.4 is 5.32 Å². The molecule has 0 saturated carbocycles. The van der Waals surface area contributed by atoms with E-state index in [2.05, 4.69) is 17.2 Å². The molecule has 1 N–H and O–H groups in total. The van der Waals surface area contributed by atoms with Gasteiger partial charge in [-0.1, -0.05) is 25.5 Å². The fraction of sp³-hybridized carbons (Fsp3) is 0.312. The summed E-state index contributed by atoms with van der Waals surface area (Å²) < 4.78 is 0. The van der Waals surface area contributed by atoms with E-state index in [4.69, 9.17) is 0 Å². The molecule has 0 fully saturated rings. The van der Waals surface area contributed by atoms with Gasteiger partial charge in [0.25, 0.3) is 5.69 Å². The number of benzene rings is 1. The summed E-state index contributed by atoms with van der Waals surface area (Å²) in [5, 5.41) is 14.3. The van der Waals surface area contributed by atoms with Gasteiger partial charge in [-0.15, -0.1) is 0 Å². The van der Waals surface area contributed by atoms with Crippen LogP contribution in [0.5, 0.6) is 0 Å². The van der Waals surface area contributed by atoms with Gasteiger partial charge in [-0.3, -0.25) is 15.1 Å². The molecule has 5 heteroatoms. The number of nitrogens with one attached hydrogen (secondary N) is 1. The summed E-state index contributed by atoms with van der Waals surface area (Å²) in [6.45, 7) is 4.08. The molecule has 2 rings (SSSR count). The van der Waals surface area contributed by atoms with Gasteiger partial charge in [0.1, 0.15) is 0 Å². The van der Waals surface area contributed by atoms with E-state index in [1.807, 2.05) is 19.1 Å². The highest BCUT2D eigenvalue weighted by atomic mass is 16.6. The molecule has 0 aliphatic heterocycles. The minimum absolute atomic E-state index is 0.0403. The molecule has 0 aliphatic carbocycles. The SMILES string of the molecule is CCCC(Nc1cncc(C)c1)c1cccc([N+](=O)[O-])c1. The van der Waals surface area contributed by atoms with Gasteiger partial charge in [0.15, 0.2) is 0 Å². The molecule has 0 saturated heterocycles. The average Bonchev–Trinajstić information content (AvgIpc) is 2.47. The van der Waals surface area contributed by atoms with E-state index in [1.165, 1.54) is 6.07 Å². The number of non-ortho nitro benzene ring substituents is 1. The van der Waals surface area contributed by atoms with Crippen LogP contribution in [0.25, 0.3) is 0 Å². The van der Waals surface area contributed by atoms with Crippen LogP contribution in [-0.4, -0.2) is 9.91 Å². The molecule has 2 aromatic rings. The molecule has 5 nitrogen and oxygen atoms in total. The van der Waals surface area contributed by atoms with Crippen molar-refractivity contribution in [3.05, 3.63) is 64.0 Å². The molecule has 1 unspecified atom stereocenters. The van der Waals surface area contributed by atoms with Crippen LogP contribution in [0.2, 0.25) is 0 Å². The van der Waals surface area contributed by atoms with Crippen LogP contribution in [0.3, 0.4) is 0 Å². The second kappa shape index (κ2) is 6.83. The Morgan fingerprint density at radius 3 is 2.81 bits per heavy atom. The zero-order valence-corrected chi connectivity index (χ0v) is 12.2. The van der Waals surface area contributed by atoms with Crippen LogP contribution in [0, 0.1) is 17.0 Å². The number of hydrogen-bond acceptors (Lipinski definition) is 4. The average molecular weight is 285 g/mol. The zero-order valence-electron chi connectivity index (χ0n) is 12.2. The third-order valence-electron chi connectivity index (χ3n) is 3.28. The molecule has 21 heavy (non-hydrogen) atoms. The number of nitro groups is 1. The Balaban J connectivity index is 2.26. The Morgan fingerprint density at radius 1 is 1.33 bits per heavy atom. The van der Waals surface area contributed by atoms with Crippen molar-refractivity contribution in [1.82, 2.24) is 4.98 Å². The fourth-order valence-corrected chi connectivity index (χ4v) is 2.30. The molecule has 1 aromatic heterocycles. The maximum Gasteiger partial charge on any atom is 0.269 e. The second-order valence-corrected chi connectivity index (χ2v) is 5.09. The molecular formula is C16H19N3O2. The van der Waals surface area contributed by atoms with Gasteiger partial charge in [-0.05, 0) is 30.5 Å². The van der Waals surface area contributed by atoms with E-state index >= 15 is 0 Å². The molecule has 1 atom stereocenters. The lowest BCUT2D eigenvalue weighted by atomic mass is 10.0. The summed E-state index contributed by atoms with van der Waals surface area (Å²) in [4.78, 5) is 14.7. The quantitative estimate of drug-likeness (QED) is 0.636. The Kier molecular flexibility index (Phi) is 4.87. The van der Waals surface area contributed by atoms with Crippen LogP contribution >= 0.6 is 0 Å². The van der Waals surface area contributed by atoms with E-state index in [0.29, 0.717) is 0 Å². The first-order valence-electron chi connectivity index (χ1n) is 7.02. The van der Waals surface area contributed by atoms with E-state index in [1.54, 1.807) is 24.5 Å². The standard InChI is InChI=1S/C16H19N3O2/c1-3-5-16(18-14-8-12(2)10-17-11-14)13-6-4-7-15(9-13)19(20)21/h4,6-11,16,18H,3,5H2,1-2H3. The minimum Gasteiger partial charge on any atom is -0.377 e. The zero-order chi connectivity index (χ0) is 15.2. The Hall–Kier alpha value is -2.43. The largest absolute Gasteiger partial charge is 0.377 e. The monoisotopic (exact) mass is 285 g/mol. The molecule has 1 aromatic carbocycles. The lowest BCUT2D eigenvalue weighted by molar-refractivity contribution is -0.384. The lowest BCUT2D eigenvalue weighted by Crippen LogP contribution is -2.11. The van der Waals surface area contributed by atoms with Crippen molar-refractivity contribution >= 4 is 11.4 Å². The number of nitrogens with zero attached hydrogens (tertiary/aromatic N) is 2. The van der Waals surface area contributed by atoms with E-state index in [9.17, 15) is 10.1 Å². The van der Waals surface area contributed by atoms with Crippen molar-refractivity contribution in [3.63, 3.8) is 0 Å². The lowest BCUT2D eigenvalue weighted by Gasteiger charge is -2.19.